The zero-order chi connectivity index (χ0) is 14.3. The van der Waals surface area contributed by atoms with E-state index in [0.717, 1.165) is 32.8 Å². The molecule has 19 heavy (non-hydrogen) atoms. The second-order valence-electron chi connectivity index (χ2n) is 5.72. The number of ether oxygens (including phenoxy) is 1. The molecule has 2 N–H and O–H groups in total. The van der Waals surface area contributed by atoms with Crippen molar-refractivity contribution in [3.8, 4) is 0 Å². The third kappa shape index (κ3) is 7.12. The molecular formula is C13H24N2O4. The minimum Gasteiger partial charge on any atom is -0.481 e. The smallest absolute Gasteiger partial charge is 0.303 e. The van der Waals surface area contributed by atoms with Crippen molar-refractivity contribution in [2.24, 2.45) is 5.41 Å². The molecule has 6 heteroatoms. The number of carbonyl (C=O) groups is 2. The normalized spacial score (nSPS) is 17.2. The van der Waals surface area contributed by atoms with Gasteiger partial charge in [-0.3, -0.25) is 14.5 Å². The molecule has 1 aliphatic heterocycles. The maximum Gasteiger partial charge on any atom is 0.303 e. The highest BCUT2D eigenvalue weighted by Crippen LogP contribution is 2.24. The van der Waals surface area contributed by atoms with Gasteiger partial charge in [-0.25, -0.2) is 0 Å². The summed E-state index contributed by atoms with van der Waals surface area (Å²) in [7, 11) is 0. The first-order valence-electron chi connectivity index (χ1n) is 6.68. The van der Waals surface area contributed by atoms with E-state index in [4.69, 9.17) is 9.84 Å². The highest BCUT2D eigenvalue weighted by molar-refractivity contribution is 5.77. The van der Waals surface area contributed by atoms with Gasteiger partial charge in [0.1, 0.15) is 0 Å². The van der Waals surface area contributed by atoms with E-state index in [-0.39, 0.29) is 18.7 Å². The number of amides is 1. The van der Waals surface area contributed by atoms with Gasteiger partial charge < -0.3 is 15.2 Å². The molecule has 0 radical (unpaired) electrons. The topological polar surface area (TPSA) is 78.9 Å². The lowest BCUT2D eigenvalue weighted by molar-refractivity contribution is -0.139. The molecule has 0 bridgehead atoms. The largest absolute Gasteiger partial charge is 0.481 e. The number of aliphatic carboxylic acids is 1. The molecule has 6 nitrogen and oxygen atoms in total. The zero-order valence-electron chi connectivity index (χ0n) is 11.8. The predicted molar refractivity (Wildman–Crippen MR) is 70.9 cm³/mol. The fraction of sp³-hybridized carbons (Fsp3) is 0.846. The van der Waals surface area contributed by atoms with Crippen molar-refractivity contribution in [3.05, 3.63) is 0 Å². The Morgan fingerprint density at radius 2 is 1.89 bits per heavy atom. The number of morpholine rings is 1. The quantitative estimate of drug-likeness (QED) is 0.698. The van der Waals surface area contributed by atoms with Gasteiger partial charge in [-0.1, -0.05) is 13.8 Å². The Balaban J connectivity index is 2.18. The third-order valence-electron chi connectivity index (χ3n) is 3.12. The molecule has 1 saturated heterocycles. The van der Waals surface area contributed by atoms with Gasteiger partial charge in [0, 0.05) is 32.6 Å². The monoisotopic (exact) mass is 272 g/mol. The second kappa shape index (κ2) is 7.45. The average molecular weight is 272 g/mol. The average Bonchev–Trinajstić information content (AvgIpc) is 2.27. The van der Waals surface area contributed by atoms with Gasteiger partial charge in [0.15, 0.2) is 0 Å². The minimum atomic E-state index is -0.869. The Bertz CT molecular complexity index is 312. The summed E-state index contributed by atoms with van der Waals surface area (Å²) in [6.45, 7) is 8.31. The highest BCUT2D eigenvalue weighted by Gasteiger charge is 2.25. The van der Waals surface area contributed by atoms with Crippen LogP contribution >= 0.6 is 0 Å². The number of nitrogens with zero attached hydrogens (tertiary/aromatic N) is 1. The van der Waals surface area contributed by atoms with Crippen LogP contribution in [0.2, 0.25) is 0 Å². The molecule has 0 spiro atoms. The number of carbonyl (C=O) groups excluding carboxylic acids is 1. The highest BCUT2D eigenvalue weighted by atomic mass is 16.5. The van der Waals surface area contributed by atoms with E-state index in [9.17, 15) is 9.59 Å². The van der Waals surface area contributed by atoms with Gasteiger partial charge in [-0.15, -0.1) is 0 Å². The first kappa shape index (κ1) is 15.9. The van der Waals surface area contributed by atoms with Gasteiger partial charge >= 0.3 is 5.97 Å². The maximum absolute atomic E-state index is 11.7. The van der Waals surface area contributed by atoms with Crippen LogP contribution in [0, 0.1) is 5.41 Å². The minimum absolute atomic E-state index is 0.00385. The molecule has 1 aliphatic rings. The number of rotatable bonds is 7. The number of nitrogens with one attached hydrogen (secondary N) is 1. The Morgan fingerprint density at radius 1 is 1.26 bits per heavy atom. The van der Waals surface area contributed by atoms with Gasteiger partial charge in [0.25, 0.3) is 0 Å². The summed E-state index contributed by atoms with van der Waals surface area (Å²) in [5, 5.41) is 11.6. The van der Waals surface area contributed by atoms with Crippen molar-refractivity contribution in [3.63, 3.8) is 0 Å². The molecule has 0 atom stereocenters. The van der Waals surface area contributed by atoms with E-state index in [1.165, 1.54) is 0 Å². The molecule has 1 heterocycles. The zero-order valence-corrected chi connectivity index (χ0v) is 11.8. The lowest BCUT2D eigenvalue weighted by Gasteiger charge is -2.27. The van der Waals surface area contributed by atoms with Gasteiger partial charge in [0.2, 0.25) is 5.91 Å². The molecular weight excluding hydrogens is 248 g/mol. The summed E-state index contributed by atoms with van der Waals surface area (Å²) in [4.78, 5) is 24.6. The van der Waals surface area contributed by atoms with Crippen LogP contribution in [0.25, 0.3) is 0 Å². The first-order valence-corrected chi connectivity index (χ1v) is 6.68. The van der Waals surface area contributed by atoms with E-state index in [1.54, 1.807) is 13.8 Å². The van der Waals surface area contributed by atoms with E-state index in [2.05, 4.69) is 10.2 Å². The molecule has 110 valence electrons. The van der Waals surface area contributed by atoms with Crippen molar-refractivity contribution in [1.29, 1.82) is 0 Å². The second-order valence-corrected chi connectivity index (χ2v) is 5.72. The molecule has 0 aliphatic carbocycles. The number of carboxylic acid groups (broad SMARTS) is 1. The molecule has 1 amide bonds. The van der Waals surface area contributed by atoms with Crippen molar-refractivity contribution in [2.75, 3.05) is 39.4 Å². The van der Waals surface area contributed by atoms with Crippen LogP contribution < -0.4 is 5.32 Å². The third-order valence-corrected chi connectivity index (χ3v) is 3.12. The number of carboxylic acids is 1. The standard InChI is InChI=1S/C13H24N2O4/c1-13(2,10-12(17)18)9-11(16)14-3-4-15-5-7-19-8-6-15/h3-10H2,1-2H3,(H,14,16)(H,17,18). The van der Waals surface area contributed by atoms with Gasteiger partial charge in [-0.05, 0) is 5.41 Å². The molecule has 0 aromatic heterocycles. The molecule has 0 aromatic carbocycles. The summed E-state index contributed by atoms with van der Waals surface area (Å²) in [6, 6.07) is 0. The Morgan fingerprint density at radius 3 is 2.47 bits per heavy atom. The van der Waals surface area contributed by atoms with Crippen LogP contribution in [-0.2, 0) is 14.3 Å². The van der Waals surface area contributed by atoms with Crippen molar-refractivity contribution in [2.45, 2.75) is 26.7 Å². The lowest BCUT2D eigenvalue weighted by atomic mass is 9.85. The molecule has 0 saturated carbocycles. The number of hydrogen-bond acceptors (Lipinski definition) is 4. The summed E-state index contributed by atoms with van der Waals surface area (Å²) < 4.78 is 5.25. The first-order chi connectivity index (χ1) is 8.89. The molecule has 0 aromatic rings. The fourth-order valence-electron chi connectivity index (χ4n) is 2.15. The van der Waals surface area contributed by atoms with Crippen LogP contribution in [-0.4, -0.2) is 61.3 Å². The van der Waals surface area contributed by atoms with E-state index in [1.807, 2.05) is 0 Å². The molecule has 1 fully saturated rings. The molecule has 1 rings (SSSR count). The summed E-state index contributed by atoms with van der Waals surface area (Å²) >= 11 is 0. The lowest BCUT2D eigenvalue weighted by Crippen LogP contribution is -2.41. The molecule has 0 unspecified atom stereocenters. The van der Waals surface area contributed by atoms with Gasteiger partial charge in [0.05, 0.1) is 19.6 Å². The SMILES string of the molecule is CC(C)(CC(=O)O)CC(=O)NCCN1CCOCC1. The number of hydrogen-bond donors (Lipinski definition) is 2. The van der Waals surface area contributed by atoms with Crippen LogP contribution in [0.3, 0.4) is 0 Å². The summed E-state index contributed by atoms with van der Waals surface area (Å²) in [6.07, 6.45) is 0.242. The van der Waals surface area contributed by atoms with Crippen LogP contribution in [0.5, 0.6) is 0 Å². The van der Waals surface area contributed by atoms with Crippen LogP contribution in [0.15, 0.2) is 0 Å². The Labute approximate surface area is 114 Å². The van der Waals surface area contributed by atoms with Crippen LogP contribution in [0.4, 0.5) is 0 Å². The summed E-state index contributed by atoms with van der Waals surface area (Å²) in [5.41, 5.74) is -0.505. The Kier molecular flexibility index (Phi) is 6.24. The van der Waals surface area contributed by atoms with E-state index < -0.39 is 11.4 Å². The summed E-state index contributed by atoms with van der Waals surface area (Å²) in [5.74, 6) is -0.953. The van der Waals surface area contributed by atoms with Crippen molar-refractivity contribution in [1.82, 2.24) is 10.2 Å². The van der Waals surface area contributed by atoms with Crippen molar-refractivity contribution < 1.29 is 19.4 Å². The van der Waals surface area contributed by atoms with E-state index in [0.29, 0.717) is 6.54 Å². The predicted octanol–water partition coefficient (Wildman–Crippen LogP) is 0.326. The van der Waals surface area contributed by atoms with Crippen molar-refractivity contribution >= 4 is 11.9 Å². The Hall–Kier alpha value is -1.14. The van der Waals surface area contributed by atoms with Gasteiger partial charge in [-0.2, -0.15) is 0 Å². The maximum atomic E-state index is 11.7. The fourth-order valence-corrected chi connectivity index (χ4v) is 2.15. The van der Waals surface area contributed by atoms with E-state index >= 15 is 0 Å². The van der Waals surface area contributed by atoms with Crippen LogP contribution in [0.1, 0.15) is 26.7 Å².